The minimum atomic E-state index is -0.540. The van der Waals surface area contributed by atoms with Crippen LogP contribution in [0.3, 0.4) is 0 Å². The summed E-state index contributed by atoms with van der Waals surface area (Å²) in [6.45, 7) is 5.21. The van der Waals surface area contributed by atoms with Gasteiger partial charge in [0.2, 0.25) is 5.91 Å². The molecule has 0 aromatic heterocycles. The highest BCUT2D eigenvalue weighted by molar-refractivity contribution is 6.31. The van der Waals surface area contributed by atoms with Crippen molar-refractivity contribution in [3.8, 4) is 0 Å². The molecule has 7 heteroatoms. The Balaban J connectivity index is 1.90. The van der Waals surface area contributed by atoms with Gasteiger partial charge in [-0.25, -0.2) is 4.39 Å². The first-order valence-corrected chi connectivity index (χ1v) is 8.70. The van der Waals surface area contributed by atoms with E-state index in [-0.39, 0.29) is 23.4 Å². The molecule has 0 fully saturated rings. The van der Waals surface area contributed by atoms with Gasteiger partial charge in [0.25, 0.3) is 5.91 Å². The fourth-order valence-corrected chi connectivity index (χ4v) is 2.57. The van der Waals surface area contributed by atoms with Crippen molar-refractivity contribution in [1.82, 2.24) is 4.90 Å². The van der Waals surface area contributed by atoms with Gasteiger partial charge >= 0.3 is 0 Å². The number of nitrogens with zero attached hydrogens (tertiary/aromatic N) is 1. The number of rotatable bonds is 7. The molecule has 138 valence electrons. The SMILES string of the molecule is CCN(CC)C(=O)c1ccc(NCC(=O)Nc2ccc(F)c(Cl)c2)cc1. The second kappa shape index (κ2) is 9.20. The van der Waals surface area contributed by atoms with Crippen molar-refractivity contribution in [3.05, 3.63) is 58.9 Å². The molecule has 0 heterocycles. The first kappa shape index (κ1) is 19.7. The highest BCUT2D eigenvalue weighted by atomic mass is 35.5. The van der Waals surface area contributed by atoms with Crippen LogP contribution in [0.2, 0.25) is 5.02 Å². The number of amides is 2. The summed E-state index contributed by atoms with van der Waals surface area (Å²) in [6, 6.07) is 10.9. The van der Waals surface area contributed by atoms with Crippen LogP contribution in [-0.2, 0) is 4.79 Å². The molecule has 0 unspecified atom stereocenters. The summed E-state index contributed by atoms with van der Waals surface area (Å²) < 4.78 is 13.1. The Morgan fingerprint density at radius 1 is 1.04 bits per heavy atom. The van der Waals surface area contributed by atoms with Crippen molar-refractivity contribution >= 4 is 34.8 Å². The first-order valence-electron chi connectivity index (χ1n) is 8.32. The Morgan fingerprint density at radius 2 is 1.65 bits per heavy atom. The van der Waals surface area contributed by atoms with Gasteiger partial charge in [0.05, 0.1) is 11.6 Å². The molecule has 0 aliphatic rings. The highest BCUT2D eigenvalue weighted by Crippen LogP contribution is 2.19. The second-order valence-corrected chi connectivity index (χ2v) is 5.99. The summed E-state index contributed by atoms with van der Waals surface area (Å²) in [4.78, 5) is 25.9. The van der Waals surface area contributed by atoms with Crippen molar-refractivity contribution in [2.75, 3.05) is 30.3 Å². The lowest BCUT2D eigenvalue weighted by Crippen LogP contribution is -2.30. The molecular weight excluding hydrogens is 357 g/mol. The quantitative estimate of drug-likeness (QED) is 0.766. The third kappa shape index (κ3) is 5.20. The van der Waals surface area contributed by atoms with Crippen LogP contribution in [0.15, 0.2) is 42.5 Å². The molecule has 5 nitrogen and oxygen atoms in total. The molecule has 2 N–H and O–H groups in total. The largest absolute Gasteiger partial charge is 0.376 e. The zero-order valence-electron chi connectivity index (χ0n) is 14.7. The number of carbonyl (C=O) groups excluding carboxylic acids is 2. The minimum absolute atomic E-state index is 0.0209. The maximum atomic E-state index is 13.1. The first-order chi connectivity index (χ1) is 12.4. The number of halogens is 2. The number of benzene rings is 2. The van der Waals surface area contributed by atoms with Gasteiger partial charge < -0.3 is 15.5 Å². The van der Waals surface area contributed by atoms with Gasteiger partial charge in [-0.15, -0.1) is 0 Å². The molecule has 2 aromatic carbocycles. The Bertz CT molecular complexity index is 777. The van der Waals surface area contributed by atoms with Crippen molar-refractivity contribution in [3.63, 3.8) is 0 Å². The molecule has 0 saturated carbocycles. The van der Waals surface area contributed by atoms with E-state index >= 15 is 0 Å². The Hall–Kier alpha value is -2.60. The summed E-state index contributed by atoms with van der Waals surface area (Å²) in [5, 5.41) is 5.54. The summed E-state index contributed by atoms with van der Waals surface area (Å²) in [5.74, 6) is -0.856. The summed E-state index contributed by atoms with van der Waals surface area (Å²) in [6.07, 6.45) is 0. The van der Waals surface area contributed by atoms with Gasteiger partial charge in [0.15, 0.2) is 0 Å². The monoisotopic (exact) mass is 377 g/mol. The summed E-state index contributed by atoms with van der Waals surface area (Å²) in [7, 11) is 0. The van der Waals surface area contributed by atoms with Crippen LogP contribution in [0.1, 0.15) is 24.2 Å². The van der Waals surface area contributed by atoms with Crippen LogP contribution in [0.25, 0.3) is 0 Å². The van der Waals surface area contributed by atoms with Crippen molar-refractivity contribution < 1.29 is 14.0 Å². The van der Waals surface area contributed by atoms with Crippen LogP contribution in [-0.4, -0.2) is 36.3 Å². The zero-order chi connectivity index (χ0) is 19.1. The average molecular weight is 378 g/mol. The molecule has 0 saturated heterocycles. The van der Waals surface area contributed by atoms with Crippen LogP contribution < -0.4 is 10.6 Å². The van der Waals surface area contributed by atoms with Crippen molar-refractivity contribution in [2.24, 2.45) is 0 Å². The molecule has 0 bridgehead atoms. The third-order valence-electron chi connectivity index (χ3n) is 3.84. The molecular formula is C19H21ClFN3O2. The van der Waals surface area contributed by atoms with Crippen LogP contribution >= 0.6 is 11.6 Å². The van der Waals surface area contributed by atoms with Crippen LogP contribution in [0.4, 0.5) is 15.8 Å². The Labute approximate surface area is 157 Å². The van der Waals surface area contributed by atoms with Gasteiger partial charge in [-0.3, -0.25) is 9.59 Å². The summed E-state index contributed by atoms with van der Waals surface area (Å²) in [5.41, 5.74) is 1.74. The normalized spacial score (nSPS) is 10.3. The van der Waals surface area contributed by atoms with E-state index in [1.807, 2.05) is 13.8 Å². The van der Waals surface area contributed by atoms with E-state index < -0.39 is 5.82 Å². The molecule has 0 aliphatic heterocycles. The Kier molecular flexibility index (Phi) is 6.97. The molecule has 26 heavy (non-hydrogen) atoms. The maximum Gasteiger partial charge on any atom is 0.253 e. The predicted molar refractivity (Wildman–Crippen MR) is 102 cm³/mol. The van der Waals surface area contributed by atoms with E-state index in [0.29, 0.717) is 30.0 Å². The van der Waals surface area contributed by atoms with Gasteiger partial charge in [0, 0.05) is 30.0 Å². The molecule has 0 spiro atoms. The smallest absolute Gasteiger partial charge is 0.253 e. The van der Waals surface area contributed by atoms with Crippen LogP contribution in [0, 0.1) is 5.82 Å². The zero-order valence-corrected chi connectivity index (χ0v) is 15.4. The number of carbonyl (C=O) groups is 2. The molecule has 0 radical (unpaired) electrons. The van der Waals surface area contributed by atoms with Gasteiger partial charge in [-0.1, -0.05) is 11.6 Å². The fourth-order valence-electron chi connectivity index (χ4n) is 2.39. The fraction of sp³-hybridized carbons (Fsp3) is 0.263. The minimum Gasteiger partial charge on any atom is -0.376 e. The Morgan fingerprint density at radius 3 is 2.23 bits per heavy atom. The number of hydrogen-bond acceptors (Lipinski definition) is 3. The highest BCUT2D eigenvalue weighted by Gasteiger charge is 2.12. The maximum absolute atomic E-state index is 13.1. The van der Waals surface area contributed by atoms with E-state index in [1.165, 1.54) is 18.2 Å². The standard InChI is InChI=1S/C19H21ClFN3O2/c1-3-24(4-2)19(26)13-5-7-14(8-6-13)22-12-18(25)23-15-9-10-17(21)16(20)11-15/h5-11,22H,3-4,12H2,1-2H3,(H,23,25). The number of hydrogen-bond donors (Lipinski definition) is 2. The molecule has 2 amide bonds. The number of anilines is 2. The molecule has 0 aliphatic carbocycles. The average Bonchev–Trinajstić information content (AvgIpc) is 2.64. The van der Waals surface area contributed by atoms with E-state index in [4.69, 9.17) is 11.6 Å². The van der Waals surface area contributed by atoms with Crippen molar-refractivity contribution in [2.45, 2.75) is 13.8 Å². The molecule has 0 atom stereocenters. The van der Waals surface area contributed by atoms with E-state index in [2.05, 4.69) is 10.6 Å². The summed E-state index contributed by atoms with van der Waals surface area (Å²) >= 11 is 5.68. The lowest BCUT2D eigenvalue weighted by Gasteiger charge is -2.18. The predicted octanol–water partition coefficient (Wildman–Crippen LogP) is 4.01. The van der Waals surface area contributed by atoms with E-state index in [9.17, 15) is 14.0 Å². The van der Waals surface area contributed by atoms with E-state index in [1.54, 1.807) is 29.2 Å². The van der Waals surface area contributed by atoms with Gasteiger partial charge in [-0.05, 0) is 56.3 Å². The molecule has 2 rings (SSSR count). The lowest BCUT2D eigenvalue weighted by atomic mass is 10.2. The third-order valence-corrected chi connectivity index (χ3v) is 4.13. The van der Waals surface area contributed by atoms with Gasteiger partial charge in [0.1, 0.15) is 5.82 Å². The number of nitrogens with one attached hydrogen (secondary N) is 2. The molecule has 2 aromatic rings. The van der Waals surface area contributed by atoms with Crippen LogP contribution in [0.5, 0.6) is 0 Å². The van der Waals surface area contributed by atoms with E-state index in [0.717, 1.165) is 0 Å². The topological polar surface area (TPSA) is 61.4 Å². The van der Waals surface area contributed by atoms with Gasteiger partial charge in [-0.2, -0.15) is 0 Å². The lowest BCUT2D eigenvalue weighted by molar-refractivity contribution is -0.114. The second-order valence-electron chi connectivity index (χ2n) is 5.59. The van der Waals surface area contributed by atoms with Crippen molar-refractivity contribution in [1.29, 1.82) is 0 Å².